The van der Waals surface area contributed by atoms with E-state index >= 15 is 0 Å². The molecule has 0 N–H and O–H groups in total. The summed E-state index contributed by atoms with van der Waals surface area (Å²) in [5.41, 5.74) is 14.4. The Kier molecular flexibility index (Phi) is 4.03. The van der Waals surface area contributed by atoms with Gasteiger partial charge in [-0.2, -0.15) is 0 Å². The summed E-state index contributed by atoms with van der Waals surface area (Å²) in [6.45, 7) is 0.0731. The predicted molar refractivity (Wildman–Crippen MR) is 174 cm³/mol. The number of fused-ring (bicyclic) bond motifs is 10. The van der Waals surface area contributed by atoms with Crippen LogP contribution in [0.1, 0.15) is 0 Å². The second-order valence-electron chi connectivity index (χ2n) is 11.3. The quantitative estimate of drug-likeness (QED) is 0.201. The molecule has 0 radical (unpaired) electrons. The molecular weight excluding hydrogens is 495 g/mol. The van der Waals surface area contributed by atoms with Crippen molar-refractivity contribution in [2.75, 3.05) is 9.71 Å². The van der Waals surface area contributed by atoms with Crippen molar-refractivity contribution in [3.8, 4) is 22.3 Å². The van der Waals surface area contributed by atoms with Crippen molar-refractivity contribution in [1.82, 2.24) is 0 Å². The van der Waals surface area contributed by atoms with Crippen LogP contribution in [0.5, 0.6) is 0 Å². The number of nitrogens with zero attached hydrogens (tertiary/aromatic N) is 2. The molecule has 188 valence electrons. The van der Waals surface area contributed by atoms with Crippen molar-refractivity contribution >= 4 is 67.8 Å². The molecule has 0 aliphatic carbocycles. The van der Waals surface area contributed by atoms with E-state index in [0.29, 0.717) is 0 Å². The summed E-state index contributed by atoms with van der Waals surface area (Å²) in [5, 5.41) is 5.11. The molecule has 41 heavy (non-hydrogen) atoms. The van der Waals surface area contributed by atoms with Crippen molar-refractivity contribution in [2.24, 2.45) is 0 Å². The lowest BCUT2D eigenvalue weighted by Crippen LogP contribution is -2.63. The highest BCUT2D eigenvalue weighted by Crippen LogP contribution is 2.54. The smallest absolute Gasteiger partial charge is 0.333 e. The summed E-state index contributed by atoms with van der Waals surface area (Å²) in [4.78, 5) is 5.19. The molecule has 0 unspecified atom stereocenters. The van der Waals surface area contributed by atoms with E-state index in [1.165, 1.54) is 83.2 Å². The van der Waals surface area contributed by atoms with Crippen LogP contribution in [0, 0.1) is 0 Å². The van der Waals surface area contributed by atoms with E-state index in [2.05, 4.69) is 149 Å². The van der Waals surface area contributed by atoms with Gasteiger partial charge in [0.2, 0.25) is 0 Å². The van der Waals surface area contributed by atoms with Crippen molar-refractivity contribution in [1.29, 1.82) is 0 Å². The Balaban J connectivity index is 1.50. The minimum atomic E-state index is 0.0731. The van der Waals surface area contributed by atoms with Gasteiger partial charge in [-0.05, 0) is 69.2 Å². The lowest BCUT2D eigenvalue weighted by Gasteiger charge is -2.49. The van der Waals surface area contributed by atoms with Crippen LogP contribution in [0.15, 0.2) is 140 Å². The van der Waals surface area contributed by atoms with Gasteiger partial charge in [0.1, 0.15) is 0 Å². The fraction of sp³-hybridized carbons (Fsp3) is 0. The molecule has 0 saturated carbocycles. The number of hydrogen-bond acceptors (Lipinski definition) is 2. The lowest BCUT2D eigenvalue weighted by atomic mass is 9.40. The normalized spacial score (nSPS) is 13.7. The van der Waals surface area contributed by atoms with E-state index in [-0.39, 0.29) is 6.85 Å². The van der Waals surface area contributed by atoms with Crippen molar-refractivity contribution in [3.63, 3.8) is 0 Å². The molecule has 0 aromatic heterocycles. The van der Waals surface area contributed by atoms with E-state index in [1.807, 2.05) is 0 Å². The summed E-state index contributed by atoms with van der Waals surface area (Å²) in [7, 11) is 0. The zero-order valence-corrected chi connectivity index (χ0v) is 22.3. The zero-order valence-electron chi connectivity index (χ0n) is 22.3. The van der Waals surface area contributed by atoms with Crippen LogP contribution in [-0.4, -0.2) is 6.85 Å². The van der Waals surface area contributed by atoms with E-state index in [9.17, 15) is 0 Å². The molecule has 3 aliphatic heterocycles. The lowest BCUT2D eigenvalue weighted by molar-refractivity contribution is 1.28. The molecule has 0 fully saturated rings. The highest BCUT2D eigenvalue weighted by Gasteiger charge is 2.49. The van der Waals surface area contributed by atoms with Gasteiger partial charge in [0, 0.05) is 39.0 Å². The summed E-state index contributed by atoms with van der Waals surface area (Å²) >= 11 is 0. The minimum absolute atomic E-state index is 0.0731. The van der Waals surface area contributed by atoms with Crippen LogP contribution in [0.4, 0.5) is 28.4 Å². The van der Waals surface area contributed by atoms with Gasteiger partial charge in [-0.1, -0.05) is 103 Å². The first-order chi connectivity index (χ1) is 20.4. The maximum absolute atomic E-state index is 2.62. The summed E-state index contributed by atoms with van der Waals surface area (Å²) in [5.74, 6) is 0. The average Bonchev–Trinajstić information content (AvgIpc) is 3.05. The third-order valence-corrected chi connectivity index (χ3v) is 9.30. The Labute approximate surface area is 238 Å². The third kappa shape index (κ3) is 2.64. The van der Waals surface area contributed by atoms with Crippen LogP contribution in [0.3, 0.4) is 0 Å². The summed E-state index contributed by atoms with van der Waals surface area (Å²) in [6.07, 6.45) is 0. The number of rotatable bonds is 1. The van der Waals surface area contributed by atoms with E-state index in [1.54, 1.807) is 0 Å². The fourth-order valence-corrected chi connectivity index (χ4v) is 7.75. The Morgan fingerprint density at radius 1 is 0.415 bits per heavy atom. The second-order valence-corrected chi connectivity index (χ2v) is 11.3. The zero-order chi connectivity index (χ0) is 26.7. The van der Waals surface area contributed by atoms with Crippen molar-refractivity contribution < 1.29 is 0 Å². The Hall–Kier alpha value is -5.28. The molecule has 3 heteroatoms. The molecule has 0 spiro atoms. The summed E-state index contributed by atoms with van der Waals surface area (Å²) < 4.78 is 0. The van der Waals surface area contributed by atoms with Crippen molar-refractivity contribution in [2.45, 2.75) is 0 Å². The molecule has 0 amide bonds. The predicted octanol–water partition coefficient (Wildman–Crippen LogP) is 8.68. The maximum Gasteiger partial charge on any atom is 0.333 e. The second kappa shape index (κ2) is 7.68. The molecule has 0 saturated heterocycles. The topological polar surface area (TPSA) is 6.48 Å². The fourth-order valence-electron chi connectivity index (χ4n) is 7.75. The molecule has 0 atom stereocenters. The van der Waals surface area contributed by atoms with Gasteiger partial charge in [-0.15, -0.1) is 0 Å². The molecule has 3 heterocycles. The van der Waals surface area contributed by atoms with Gasteiger partial charge in [0.25, 0.3) is 0 Å². The molecule has 3 aliphatic rings. The standard InChI is InChI=1S/C38H23BN2/c1-2-14-26(15-3-1)40-37-27-16-6-4-12-24(27)22-31-29-18-8-10-20-33(29)41-34-21-11-9-19-30(34)32-23-25-13-5-7-17-28(25)38(40)36(32)39(41)35(31)37/h1-23H. The Morgan fingerprint density at radius 2 is 0.878 bits per heavy atom. The molecule has 7 aromatic carbocycles. The number of para-hydroxylation sites is 3. The minimum Gasteiger partial charge on any atom is -0.376 e. The van der Waals surface area contributed by atoms with Crippen LogP contribution in [-0.2, 0) is 0 Å². The average molecular weight is 518 g/mol. The van der Waals surface area contributed by atoms with Gasteiger partial charge in [0.15, 0.2) is 0 Å². The summed E-state index contributed by atoms with van der Waals surface area (Å²) in [6, 6.07) is 51.6. The molecule has 0 bridgehead atoms. The maximum atomic E-state index is 2.62. The monoisotopic (exact) mass is 518 g/mol. The molecule has 10 rings (SSSR count). The van der Waals surface area contributed by atoms with Crippen LogP contribution >= 0.6 is 0 Å². The first-order valence-electron chi connectivity index (χ1n) is 14.3. The molecule has 2 nitrogen and oxygen atoms in total. The number of benzene rings is 7. The van der Waals surface area contributed by atoms with E-state index < -0.39 is 0 Å². The van der Waals surface area contributed by atoms with Crippen LogP contribution in [0.2, 0.25) is 0 Å². The van der Waals surface area contributed by atoms with Gasteiger partial charge >= 0.3 is 6.85 Å². The van der Waals surface area contributed by atoms with Gasteiger partial charge in [-0.3, -0.25) is 0 Å². The first-order valence-corrected chi connectivity index (χ1v) is 14.3. The van der Waals surface area contributed by atoms with Crippen LogP contribution < -0.4 is 20.6 Å². The van der Waals surface area contributed by atoms with Crippen molar-refractivity contribution in [3.05, 3.63) is 140 Å². The Bertz CT molecular complexity index is 2100. The number of hydrogen-bond donors (Lipinski definition) is 0. The highest BCUT2D eigenvalue weighted by molar-refractivity contribution is 6.95. The van der Waals surface area contributed by atoms with Gasteiger partial charge in [0.05, 0.1) is 11.4 Å². The highest BCUT2D eigenvalue weighted by atomic mass is 15.2. The van der Waals surface area contributed by atoms with Crippen LogP contribution in [0.25, 0.3) is 43.8 Å². The SMILES string of the molecule is c1ccc(N2c3c4c(cc5ccccc35)-c3ccccc3N3B4c4c(cc5ccccc5c42)-c2ccccc23)cc1. The molecule has 7 aromatic rings. The van der Waals surface area contributed by atoms with Gasteiger partial charge in [-0.25, -0.2) is 0 Å². The first kappa shape index (κ1) is 21.5. The number of anilines is 5. The largest absolute Gasteiger partial charge is 0.376 e. The van der Waals surface area contributed by atoms with E-state index in [0.717, 1.165) is 0 Å². The van der Waals surface area contributed by atoms with Gasteiger partial charge < -0.3 is 9.71 Å². The Morgan fingerprint density at radius 3 is 1.44 bits per heavy atom. The van der Waals surface area contributed by atoms with E-state index in [4.69, 9.17) is 0 Å². The molecular formula is C38H23BN2. The third-order valence-electron chi connectivity index (χ3n) is 9.30.